The summed E-state index contributed by atoms with van der Waals surface area (Å²) in [7, 11) is 2.45. The van der Waals surface area contributed by atoms with Crippen molar-refractivity contribution in [3.05, 3.63) is 8.94 Å². The Labute approximate surface area is 86.3 Å². The number of hydrogen-bond donors (Lipinski definition) is 0. The average Bonchev–Trinajstić information content (AvgIpc) is 2.12. The van der Waals surface area contributed by atoms with E-state index in [1.807, 2.05) is 0 Å². The molecule has 0 radical (unpaired) electrons. The minimum atomic E-state index is -0.603. The van der Waals surface area contributed by atoms with Crippen LogP contribution < -0.4 is 0 Å². The Kier molecular flexibility index (Phi) is 5.25. The molecule has 0 N–H and O–H groups in total. The van der Waals surface area contributed by atoms with E-state index in [0.29, 0.717) is 0 Å². The Morgan fingerprint density at radius 1 is 0.917 bits per heavy atom. The van der Waals surface area contributed by atoms with Gasteiger partial charge in [-0.25, -0.2) is 0 Å². The standard InChI is InChI=1S/C6H8O4Se2/c1-9-5(7)3(11)4(12)6(8)10-2/h11-12H,1-2H3/p-2/b4-3-. The zero-order chi connectivity index (χ0) is 9.72. The third-order valence-electron chi connectivity index (χ3n) is 0.948. The van der Waals surface area contributed by atoms with E-state index >= 15 is 0 Å². The fourth-order valence-corrected chi connectivity index (χ4v) is 1.07. The summed E-state index contributed by atoms with van der Waals surface area (Å²) in [5, 5.41) is 0. The molecule has 0 saturated heterocycles. The van der Waals surface area contributed by atoms with Gasteiger partial charge in [-0.3, -0.25) is 0 Å². The summed E-state index contributed by atoms with van der Waals surface area (Å²) in [6.07, 6.45) is 0. The van der Waals surface area contributed by atoms with Crippen molar-refractivity contribution in [1.29, 1.82) is 0 Å². The topological polar surface area (TPSA) is 52.6 Å². The van der Waals surface area contributed by atoms with Crippen molar-refractivity contribution in [3.8, 4) is 0 Å². The third-order valence-corrected chi connectivity index (χ3v) is 3.16. The predicted octanol–water partition coefficient (Wildman–Crippen LogP) is -1.12. The molecule has 0 atom stereocenters. The van der Waals surface area contributed by atoms with Crippen molar-refractivity contribution >= 4 is 44.0 Å². The summed E-state index contributed by atoms with van der Waals surface area (Å²) in [4.78, 5) is 21.7. The summed E-state index contributed by atoms with van der Waals surface area (Å²) in [6.45, 7) is 0. The van der Waals surface area contributed by atoms with Crippen LogP contribution in [0, 0.1) is 0 Å². The van der Waals surface area contributed by atoms with Crippen LogP contribution in [0.25, 0.3) is 0 Å². The number of hydrogen-bond acceptors (Lipinski definition) is 4. The molecule has 0 aliphatic heterocycles. The molecule has 4 nitrogen and oxygen atoms in total. The monoisotopic (exact) mass is 302 g/mol. The normalized spacial score (nSPS) is 11.5. The second-order valence-electron chi connectivity index (χ2n) is 1.64. The van der Waals surface area contributed by atoms with Gasteiger partial charge in [0.15, 0.2) is 0 Å². The quantitative estimate of drug-likeness (QED) is 0.368. The number of rotatable bonds is 2. The van der Waals surface area contributed by atoms with E-state index in [2.05, 4.69) is 41.5 Å². The summed E-state index contributed by atoms with van der Waals surface area (Å²) in [6, 6.07) is 0. The van der Waals surface area contributed by atoms with Crippen LogP contribution in [-0.2, 0) is 19.1 Å². The maximum atomic E-state index is 10.8. The first-order valence-electron chi connectivity index (χ1n) is 2.79. The summed E-state index contributed by atoms with van der Waals surface area (Å²) in [5.41, 5.74) is 0. The van der Waals surface area contributed by atoms with Gasteiger partial charge in [0, 0.05) is 0 Å². The molecule has 0 aromatic carbocycles. The van der Waals surface area contributed by atoms with Crippen molar-refractivity contribution in [2.75, 3.05) is 14.2 Å². The first kappa shape index (κ1) is 11.7. The molecule has 0 amide bonds. The molecule has 0 unspecified atom stereocenters. The molecule has 0 heterocycles. The third kappa shape index (κ3) is 2.99. The van der Waals surface area contributed by atoms with Crippen LogP contribution in [0.4, 0.5) is 0 Å². The Bertz CT molecular complexity index is 210. The second-order valence-corrected chi connectivity index (χ2v) is 3.35. The molecule has 6 heteroatoms. The summed E-state index contributed by atoms with van der Waals surface area (Å²) < 4.78 is 8.92. The van der Waals surface area contributed by atoms with E-state index in [1.54, 1.807) is 0 Å². The van der Waals surface area contributed by atoms with Crippen molar-refractivity contribution in [2.45, 2.75) is 0 Å². The molecule has 0 aliphatic carbocycles. The second kappa shape index (κ2) is 5.38. The van der Waals surface area contributed by atoms with E-state index < -0.39 is 11.9 Å². The van der Waals surface area contributed by atoms with Crippen LogP contribution in [0.15, 0.2) is 8.94 Å². The Hall–Kier alpha value is -0.281. The van der Waals surface area contributed by atoms with Crippen LogP contribution in [0.3, 0.4) is 0 Å². The van der Waals surface area contributed by atoms with Gasteiger partial charge in [0.05, 0.1) is 0 Å². The molecule has 68 valence electrons. The molecule has 0 aromatic rings. The SMILES string of the molecule is COC(=O)/C([Se-])=C(/[Se-])C(=O)OC. The van der Waals surface area contributed by atoms with Crippen molar-refractivity contribution in [3.63, 3.8) is 0 Å². The molecular weight excluding hydrogens is 294 g/mol. The van der Waals surface area contributed by atoms with Gasteiger partial charge in [-0.05, 0) is 0 Å². The van der Waals surface area contributed by atoms with Gasteiger partial charge in [-0.15, -0.1) is 0 Å². The molecule has 0 aromatic heterocycles. The van der Waals surface area contributed by atoms with Gasteiger partial charge in [0.1, 0.15) is 0 Å². The van der Waals surface area contributed by atoms with E-state index in [-0.39, 0.29) is 8.94 Å². The van der Waals surface area contributed by atoms with E-state index in [4.69, 9.17) is 0 Å². The van der Waals surface area contributed by atoms with Gasteiger partial charge in [0.2, 0.25) is 0 Å². The minimum absolute atomic E-state index is 0.0874. The van der Waals surface area contributed by atoms with Crippen molar-refractivity contribution in [1.82, 2.24) is 0 Å². The number of carbonyl (C=O) groups excluding carboxylic acids is 2. The number of carbonyl (C=O) groups is 2. The van der Waals surface area contributed by atoms with Crippen LogP contribution in [-0.4, -0.2) is 58.2 Å². The summed E-state index contributed by atoms with van der Waals surface area (Å²) in [5.74, 6) is -1.21. The summed E-state index contributed by atoms with van der Waals surface area (Å²) >= 11 is 4.83. The molecule has 0 spiro atoms. The van der Waals surface area contributed by atoms with E-state index in [0.717, 1.165) is 0 Å². The van der Waals surface area contributed by atoms with Crippen LogP contribution >= 0.6 is 0 Å². The fraction of sp³-hybridized carbons (Fsp3) is 0.333. The van der Waals surface area contributed by atoms with E-state index in [9.17, 15) is 9.59 Å². The number of ether oxygens (including phenoxy) is 2. The Balaban J connectivity index is 4.68. The molecule has 12 heavy (non-hydrogen) atoms. The van der Waals surface area contributed by atoms with Gasteiger partial charge < -0.3 is 0 Å². The first-order valence-corrected chi connectivity index (χ1v) is 4.50. The molecule has 0 rings (SSSR count). The van der Waals surface area contributed by atoms with E-state index in [1.165, 1.54) is 14.2 Å². The van der Waals surface area contributed by atoms with Gasteiger partial charge in [-0.1, -0.05) is 0 Å². The molecule has 0 bridgehead atoms. The zero-order valence-electron chi connectivity index (χ0n) is 6.45. The van der Waals surface area contributed by atoms with Gasteiger partial charge in [-0.2, -0.15) is 0 Å². The first-order chi connectivity index (χ1) is 5.54. The van der Waals surface area contributed by atoms with Gasteiger partial charge in [0.25, 0.3) is 0 Å². The van der Waals surface area contributed by atoms with Crippen LogP contribution in [0.5, 0.6) is 0 Å². The molecule has 0 saturated carbocycles. The molecule has 0 fully saturated rings. The Morgan fingerprint density at radius 2 is 1.17 bits per heavy atom. The predicted molar refractivity (Wildman–Crippen MR) is 42.6 cm³/mol. The molecular formula is C6H6O4Se2-2. The maximum absolute atomic E-state index is 10.8. The number of methoxy groups -OCH3 is 2. The average molecular weight is 300 g/mol. The van der Waals surface area contributed by atoms with Crippen LogP contribution in [0.2, 0.25) is 0 Å². The number of esters is 2. The van der Waals surface area contributed by atoms with Crippen LogP contribution in [0.1, 0.15) is 0 Å². The van der Waals surface area contributed by atoms with Crippen molar-refractivity contribution in [2.24, 2.45) is 0 Å². The molecule has 0 aliphatic rings. The fourth-order valence-electron chi connectivity index (χ4n) is 0.371. The van der Waals surface area contributed by atoms with Crippen molar-refractivity contribution < 1.29 is 19.1 Å². The Morgan fingerprint density at radius 3 is 1.33 bits per heavy atom. The zero-order valence-corrected chi connectivity index (χ0v) is 9.88. The van der Waals surface area contributed by atoms with Gasteiger partial charge >= 0.3 is 86.2 Å².